The molecule has 0 radical (unpaired) electrons. The van der Waals surface area contributed by atoms with Crippen LogP contribution in [-0.2, 0) is 12.3 Å². The summed E-state index contributed by atoms with van der Waals surface area (Å²) in [5.41, 5.74) is 1.22. The fraction of sp³-hybridized carbons (Fsp3) is 0.438. The lowest BCUT2D eigenvalue weighted by Crippen LogP contribution is -2.12. The molecule has 1 atom stereocenters. The van der Waals surface area contributed by atoms with E-state index in [1.54, 1.807) is 0 Å². The second-order valence-corrected chi connectivity index (χ2v) is 7.19. The van der Waals surface area contributed by atoms with Crippen LogP contribution in [0.5, 0.6) is 0 Å². The van der Waals surface area contributed by atoms with Gasteiger partial charge in [0.05, 0.1) is 16.4 Å². The molecule has 0 spiro atoms. The molecule has 1 unspecified atom stereocenters. The van der Waals surface area contributed by atoms with Crippen LogP contribution >= 0.6 is 35.0 Å². The van der Waals surface area contributed by atoms with E-state index in [0.717, 1.165) is 12.3 Å². The van der Waals surface area contributed by atoms with Gasteiger partial charge in [0.15, 0.2) is 0 Å². The van der Waals surface area contributed by atoms with Crippen LogP contribution in [0.25, 0.3) is 0 Å². The molecule has 0 bridgehead atoms. The minimum absolute atomic E-state index is 0.591. The average molecular weight is 343 g/mol. The second-order valence-electron chi connectivity index (χ2n) is 5.08. The molecule has 0 aliphatic heterocycles. The molecule has 0 aliphatic rings. The molecule has 114 valence electrons. The first kappa shape index (κ1) is 16.7. The highest BCUT2D eigenvalue weighted by Crippen LogP contribution is 2.28. The quantitative estimate of drug-likeness (QED) is 0.613. The largest absolute Gasteiger partial charge is 0.336 e. The third kappa shape index (κ3) is 5.57. The van der Waals surface area contributed by atoms with Gasteiger partial charge in [-0.15, -0.1) is 0 Å². The molecule has 0 aliphatic carbocycles. The normalized spacial score (nSPS) is 12.5. The Morgan fingerprint density at radius 2 is 2.14 bits per heavy atom. The van der Waals surface area contributed by atoms with Gasteiger partial charge in [-0.1, -0.05) is 49.0 Å². The van der Waals surface area contributed by atoms with Crippen LogP contribution in [0.2, 0.25) is 10.0 Å². The average Bonchev–Trinajstić information content (AvgIpc) is 2.98. The summed E-state index contributed by atoms with van der Waals surface area (Å²) in [4.78, 5) is 4.12. The van der Waals surface area contributed by atoms with Crippen molar-refractivity contribution in [1.82, 2.24) is 9.55 Å². The molecule has 1 heterocycles. The number of halogens is 2. The standard InChI is InChI=1S/C16H20Cl2N2S/c1-2-3-4-14(10-20-8-7-19-12-20)21-11-13-5-6-15(17)16(18)9-13/h5-9,12,14H,2-4,10-11H2,1H3. The van der Waals surface area contributed by atoms with Crippen molar-refractivity contribution < 1.29 is 0 Å². The van der Waals surface area contributed by atoms with Gasteiger partial charge in [0.25, 0.3) is 0 Å². The molecule has 0 saturated carbocycles. The lowest BCUT2D eigenvalue weighted by molar-refractivity contribution is 0.596. The number of benzene rings is 1. The summed E-state index contributed by atoms with van der Waals surface area (Å²) in [5, 5.41) is 1.84. The van der Waals surface area contributed by atoms with E-state index >= 15 is 0 Å². The maximum Gasteiger partial charge on any atom is 0.0946 e. The molecular weight excluding hydrogens is 323 g/mol. The Bertz CT molecular complexity index is 543. The van der Waals surface area contributed by atoms with Crippen molar-refractivity contribution in [2.75, 3.05) is 0 Å². The van der Waals surface area contributed by atoms with Gasteiger partial charge in [-0.2, -0.15) is 11.8 Å². The molecule has 1 aromatic heterocycles. The van der Waals surface area contributed by atoms with Crippen LogP contribution in [0.15, 0.2) is 36.9 Å². The lowest BCUT2D eigenvalue weighted by Gasteiger charge is -2.17. The van der Waals surface area contributed by atoms with Crippen molar-refractivity contribution in [2.24, 2.45) is 0 Å². The van der Waals surface area contributed by atoms with E-state index in [-0.39, 0.29) is 0 Å². The minimum atomic E-state index is 0.591. The van der Waals surface area contributed by atoms with Crippen molar-refractivity contribution >= 4 is 35.0 Å². The number of hydrogen-bond donors (Lipinski definition) is 0. The summed E-state index contributed by atoms with van der Waals surface area (Å²) in [6, 6.07) is 5.89. The van der Waals surface area contributed by atoms with E-state index in [0.29, 0.717) is 15.3 Å². The van der Waals surface area contributed by atoms with E-state index < -0.39 is 0 Å². The lowest BCUT2D eigenvalue weighted by atomic mass is 10.2. The molecule has 2 rings (SSSR count). The monoisotopic (exact) mass is 342 g/mol. The molecule has 5 heteroatoms. The molecule has 2 aromatic rings. The van der Waals surface area contributed by atoms with Crippen molar-refractivity contribution in [2.45, 2.75) is 43.7 Å². The number of imidazole rings is 1. The number of nitrogens with zero attached hydrogens (tertiary/aromatic N) is 2. The maximum atomic E-state index is 6.07. The SMILES string of the molecule is CCCCC(Cn1ccnc1)SCc1ccc(Cl)c(Cl)c1. The summed E-state index contributed by atoms with van der Waals surface area (Å²) in [6.45, 7) is 3.24. The van der Waals surface area contributed by atoms with Gasteiger partial charge in [-0.25, -0.2) is 4.98 Å². The fourth-order valence-electron chi connectivity index (χ4n) is 2.13. The second kappa shape index (κ2) is 8.72. The minimum Gasteiger partial charge on any atom is -0.336 e. The van der Waals surface area contributed by atoms with Crippen LogP contribution < -0.4 is 0 Å². The first-order chi connectivity index (χ1) is 10.2. The van der Waals surface area contributed by atoms with Crippen LogP contribution in [0.3, 0.4) is 0 Å². The number of unbranched alkanes of at least 4 members (excludes halogenated alkanes) is 1. The molecule has 0 fully saturated rings. The molecular formula is C16H20Cl2N2S. The predicted molar refractivity (Wildman–Crippen MR) is 93.3 cm³/mol. The Labute approximate surface area is 140 Å². The van der Waals surface area contributed by atoms with E-state index in [1.165, 1.54) is 24.8 Å². The predicted octanol–water partition coefficient (Wildman–Crippen LogP) is 5.68. The van der Waals surface area contributed by atoms with Crippen LogP contribution in [0, 0.1) is 0 Å². The van der Waals surface area contributed by atoms with Gasteiger partial charge in [-0.3, -0.25) is 0 Å². The van der Waals surface area contributed by atoms with Gasteiger partial charge in [-0.05, 0) is 24.1 Å². The maximum absolute atomic E-state index is 6.07. The number of rotatable bonds is 8. The Hall–Kier alpha value is -0.640. The van der Waals surface area contributed by atoms with Crippen LogP contribution in [0.1, 0.15) is 31.7 Å². The Balaban J connectivity index is 1.92. The third-order valence-corrected chi connectivity index (χ3v) is 5.42. The number of aromatic nitrogens is 2. The van der Waals surface area contributed by atoms with E-state index in [2.05, 4.69) is 22.5 Å². The van der Waals surface area contributed by atoms with E-state index in [1.807, 2.05) is 42.6 Å². The van der Waals surface area contributed by atoms with Gasteiger partial charge in [0.1, 0.15) is 0 Å². The van der Waals surface area contributed by atoms with E-state index in [9.17, 15) is 0 Å². The third-order valence-electron chi connectivity index (χ3n) is 3.32. The molecule has 1 aromatic carbocycles. The van der Waals surface area contributed by atoms with Gasteiger partial charge in [0, 0.05) is 29.9 Å². The zero-order chi connectivity index (χ0) is 15.1. The molecule has 0 N–H and O–H groups in total. The van der Waals surface area contributed by atoms with Crippen molar-refractivity contribution in [3.63, 3.8) is 0 Å². The van der Waals surface area contributed by atoms with Gasteiger partial charge in [0.2, 0.25) is 0 Å². The Morgan fingerprint density at radius 1 is 1.29 bits per heavy atom. The summed E-state index contributed by atoms with van der Waals surface area (Å²) in [7, 11) is 0. The van der Waals surface area contributed by atoms with Crippen molar-refractivity contribution in [3.8, 4) is 0 Å². The Kier molecular flexibility index (Phi) is 6.94. The summed E-state index contributed by atoms with van der Waals surface area (Å²) < 4.78 is 2.15. The van der Waals surface area contributed by atoms with Crippen LogP contribution in [0.4, 0.5) is 0 Å². The molecule has 21 heavy (non-hydrogen) atoms. The van der Waals surface area contributed by atoms with E-state index in [4.69, 9.17) is 23.2 Å². The first-order valence-electron chi connectivity index (χ1n) is 7.20. The number of thioether (sulfide) groups is 1. The number of hydrogen-bond acceptors (Lipinski definition) is 2. The smallest absolute Gasteiger partial charge is 0.0946 e. The van der Waals surface area contributed by atoms with Crippen molar-refractivity contribution in [3.05, 3.63) is 52.5 Å². The summed E-state index contributed by atoms with van der Waals surface area (Å²) >= 11 is 14.0. The highest BCUT2D eigenvalue weighted by molar-refractivity contribution is 7.99. The molecule has 0 saturated heterocycles. The highest BCUT2D eigenvalue weighted by atomic mass is 35.5. The highest BCUT2D eigenvalue weighted by Gasteiger charge is 2.10. The molecule has 2 nitrogen and oxygen atoms in total. The molecule has 0 amide bonds. The zero-order valence-corrected chi connectivity index (χ0v) is 14.5. The van der Waals surface area contributed by atoms with Gasteiger partial charge >= 0.3 is 0 Å². The van der Waals surface area contributed by atoms with Crippen molar-refractivity contribution in [1.29, 1.82) is 0 Å². The Morgan fingerprint density at radius 3 is 2.81 bits per heavy atom. The summed E-state index contributed by atoms with van der Waals surface area (Å²) in [6.07, 6.45) is 9.46. The summed E-state index contributed by atoms with van der Waals surface area (Å²) in [5.74, 6) is 0.958. The first-order valence-corrected chi connectivity index (χ1v) is 9.00. The van der Waals surface area contributed by atoms with Gasteiger partial charge < -0.3 is 4.57 Å². The topological polar surface area (TPSA) is 17.8 Å². The van der Waals surface area contributed by atoms with Crippen LogP contribution in [-0.4, -0.2) is 14.8 Å². The zero-order valence-electron chi connectivity index (χ0n) is 12.1. The fourth-order valence-corrected chi connectivity index (χ4v) is 3.67.